The normalized spacial score (nSPS) is 15.8. The maximum Gasteiger partial charge on any atom is 0.244 e. The maximum absolute atomic E-state index is 13.1. The first kappa shape index (κ1) is 23.9. The van der Waals surface area contributed by atoms with Gasteiger partial charge in [0, 0.05) is 24.2 Å². The number of allylic oxidation sites excluding steroid dienone is 6. The molecule has 0 bridgehead atoms. The Morgan fingerprint density at radius 3 is 2.69 bits per heavy atom. The predicted octanol–water partition coefficient (Wildman–Crippen LogP) is 4.10. The average molecular weight is 473 g/mol. The SMILES string of the molecule is C=C/C(=C\C=C/C)C(=C)c1nc(-c2ccc(Cl)c(S(=O)(=O)N3CCOCC3)c2)cnc1N. The predicted molar refractivity (Wildman–Crippen MR) is 129 cm³/mol. The van der Waals surface area contributed by atoms with E-state index in [0.29, 0.717) is 35.7 Å². The molecule has 0 aliphatic carbocycles. The molecule has 3 rings (SSSR count). The molecule has 1 aliphatic rings. The molecule has 0 unspecified atom stereocenters. The molecule has 1 saturated heterocycles. The highest BCUT2D eigenvalue weighted by molar-refractivity contribution is 7.89. The summed E-state index contributed by atoms with van der Waals surface area (Å²) >= 11 is 6.27. The van der Waals surface area contributed by atoms with Crippen LogP contribution in [-0.2, 0) is 14.8 Å². The smallest absolute Gasteiger partial charge is 0.244 e. The van der Waals surface area contributed by atoms with E-state index in [2.05, 4.69) is 23.1 Å². The van der Waals surface area contributed by atoms with Crippen LogP contribution in [0.5, 0.6) is 0 Å². The molecule has 0 atom stereocenters. The van der Waals surface area contributed by atoms with Crippen molar-refractivity contribution in [1.29, 1.82) is 0 Å². The molecule has 0 amide bonds. The van der Waals surface area contributed by atoms with Gasteiger partial charge in [-0.05, 0) is 24.6 Å². The molecule has 7 nitrogen and oxygen atoms in total. The highest BCUT2D eigenvalue weighted by Gasteiger charge is 2.29. The minimum absolute atomic E-state index is 0.0114. The van der Waals surface area contributed by atoms with Crippen LogP contribution in [-0.4, -0.2) is 49.0 Å². The Morgan fingerprint density at radius 2 is 2.03 bits per heavy atom. The van der Waals surface area contributed by atoms with Gasteiger partial charge in [-0.15, -0.1) is 0 Å². The number of hydrogen-bond acceptors (Lipinski definition) is 6. The molecule has 0 radical (unpaired) electrons. The molecule has 2 heterocycles. The number of anilines is 1. The number of halogens is 1. The lowest BCUT2D eigenvalue weighted by atomic mass is 10.0. The van der Waals surface area contributed by atoms with Crippen molar-refractivity contribution in [2.24, 2.45) is 0 Å². The van der Waals surface area contributed by atoms with Crippen molar-refractivity contribution in [3.05, 3.63) is 78.1 Å². The molecule has 1 fully saturated rings. The molecule has 2 aromatic rings. The Labute approximate surface area is 193 Å². The van der Waals surface area contributed by atoms with E-state index in [1.54, 1.807) is 12.1 Å². The third kappa shape index (κ3) is 4.99. The summed E-state index contributed by atoms with van der Waals surface area (Å²) in [5.74, 6) is 0.210. The van der Waals surface area contributed by atoms with Gasteiger partial charge in [-0.1, -0.05) is 55.1 Å². The lowest BCUT2D eigenvalue weighted by molar-refractivity contribution is 0.0730. The Hall–Kier alpha value is -2.78. The van der Waals surface area contributed by atoms with Crippen molar-refractivity contribution in [3.8, 4) is 11.3 Å². The summed E-state index contributed by atoms with van der Waals surface area (Å²) in [7, 11) is -3.78. The number of nitrogens with two attached hydrogens (primary N) is 1. The largest absolute Gasteiger partial charge is 0.382 e. The van der Waals surface area contributed by atoms with Gasteiger partial charge >= 0.3 is 0 Å². The molecule has 32 heavy (non-hydrogen) atoms. The van der Waals surface area contributed by atoms with E-state index in [-0.39, 0.29) is 28.8 Å². The number of rotatable bonds is 7. The molecule has 9 heteroatoms. The van der Waals surface area contributed by atoms with Crippen LogP contribution in [0.15, 0.2) is 72.3 Å². The second kappa shape index (κ2) is 10.2. The van der Waals surface area contributed by atoms with Crippen LogP contribution in [0.4, 0.5) is 5.82 Å². The topological polar surface area (TPSA) is 98.4 Å². The lowest BCUT2D eigenvalue weighted by Crippen LogP contribution is -2.40. The Morgan fingerprint density at radius 1 is 1.31 bits per heavy atom. The number of benzene rings is 1. The van der Waals surface area contributed by atoms with Gasteiger partial charge in [0.1, 0.15) is 16.4 Å². The number of morpholine rings is 1. The quantitative estimate of drug-likeness (QED) is 0.609. The van der Waals surface area contributed by atoms with Crippen molar-refractivity contribution < 1.29 is 13.2 Å². The van der Waals surface area contributed by atoms with Crippen molar-refractivity contribution in [1.82, 2.24) is 14.3 Å². The van der Waals surface area contributed by atoms with Crippen LogP contribution in [0.1, 0.15) is 12.6 Å². The van der Waals surface area contributed by atoms with E-state index in [0.717, 1.165) is 5.57 Å². The third-order valence-electron chi connectivity index (χ3n) is 4.94. The fraction of sp³-hybridized carbons (Fsp3) is 0.217. The number of nitrogen functional groups attached to an aromatic ring is 1. The van der Waals surface area contributed by atoms with Crippen LogP contribution >= 0.6 is 11.6 Å². The van der Waals surface area contributed by atoms with Crippen LogP contribution in [0.3, 0.4) is 0 Å². The summed E-state index contributed by atoms with van der Waals surface area (Å²) < 4.78 is 32.9. The molecular weight excluding hydrogens is 448 g/mol. The van der Waals surface area contributed by atoms with Crippen LogP contribution in [0.2, 0.25) is 5.02 Å². The molecule has 168 valence electrons. The fourth-order valence-corrected chi connectivity index (χ4v) is 5.08. The van der Waals surface area contributed by atoms with E-state index < -0.39 is 10.0 Å². The summed E-state index contributed by atoms with van der Waals surface area (Å²) in [4.78, 5) is 8.87. The highest BCUT2D eigenvalue weighted by atomic mass is 35.5. The Kier molecular flexibility index (Phi) is 7.63. The average Bonchev–Trinajstić information content (AvgIpc) is 2.80. The monoisotopic (exact) mass is 472 g/mol. The number of ether oxygens (including phenoxy) is 1. The Balaban J connectivity index is 2.04. The van der Waals surface area contributed by atoms with Gasteiger partial charge in [0.25, 0.3) is 0 Å². The first-order valence-electron chi connectivity index (χ1n) is 9.95. The van der Waals surface area contributed by atoms with Gasteiger partial charge in [-0.25, -0.2) is 18.4 Å². The lowest BCUT2D eigenvalue weighted by Gasteiger charge is -2.26. The Bertz CT molecular complexity index is 1200. The molecule has 0 saturated carbocycles. The van der Waals surface area contributed by atoms with Crippen molar-refractivity contribution in [2.75, 3.05) is 32.0 Å². The van der Waals surface area contributed by atoms with Crippen molar-refractivity contribution in [2.45, 2.75) is 11.8 Å². The zero-order valence-corrected chi connectivity index (χ0v) is 19.4. The first-order chi connectivity index (χ1) is 15.3. The summed E-state index contributed by atoms with van der Waals surface area (Å²) in [6.45, 7) is 11.0. The zero-order chi connectivity index (χ0) is 23.3. The zero-order valence-electron chi connectivity index (χ0n) is 17.8. The summed E-state index contributed by atoms with van der Waals surface area (Å²) in [5, 5.41) is 0.136. The standard InChI is InChI=1S/C23H25ClN4O3S/c1-4-6-7-17(5-2)16(3)22-23(25)26-15-20(27-22)18-8-9-19(24)21(14-18)32(29,30)28-10-12-31-13-11-28/h4-9,14-15H,2-3,10-13H2,1H3,(H2,25,26)/b6-4-,17-7+. The maximum atomic E-state index is 13.1. The number of nitrogens with zero attached hydrogens (tertiary/aromatic N) is 3. The van der Waals surface area contributed by atoms with Gasteiger partial charge in [0.05, 0.1) is 30.1 Å². The molecule has 1 aliphatic heterocycles. The first-order valence-corrected chi connectivity index (χ1v) is 11.8. The van der Waals surface area contributed by atoms with E-state index in [1.165, 1.54) is 22.6 Å². The van der Waals surface area contributed by atoms with Gasteiger partial charge in [-0.2, -0.15) is 4.31 Å². The second-order valence-electron chi connectivity index (χ2n) is 6.98. The molecular formula is C23H25ClN4O3S. The van der Waals surface area contributed by atoms with E-state index in [1.807, 2.05) is 25.2 Å². The second-order valence-corrected chi connectivity index (χ2v) is 9.29. The van der Waals surface area contributed by atoms with Gasteiger partial charge in [-0.3, -0.25) is 0 Å². The van der Waals surface area contributed by atoms with Crippen LogP contribution < -0.4 is 5.73 Å². The molecule has 2 N–H and O–H groups in total. The minimum atomic E-state index is -3.78. The third-order valence-corrected chi connectivity index (χ3v) is 7.32. The molecule has 0 spiro atoms. The van der Waals surface area contributed by atoms with E-state index >= 15 is 0 Å². The molecule has 1 aromatic carbocycles. The number of hydrogen-bond donors (Lipinski definition) is 1. The number of aromatic nitrogens is 2. The summed E-state index contributed by atoms with van der Waals surface area (Å²) in [6.07, 6.45) is 8.73. The minimum Gasteiger partial charge on any atom is -0.382 e. The van der Waals surface area contributed by atoms with Crippen molar-refractivity contribution in [3.63, 3.8) is 0 Å². The van der Waals surface area contributed by atoms with Crippen molar-refractivity contribution >= 4 is 33.0 Å². The highest BCUT2D eigenvalue weighted by Crippen LogP contribution is 2.32. The van der Waals surface area contributed by atoms with E-state index in [4.69, 9.17) is 22.1 Å². The van der Waals surface area contributed by atoms with Gasteiger partial charge < -0.3 is 10.5 Å². The van der Waals surface area contributed by atoms with Gasteiger partial charge in [0.2, 0.25) is 10.0 Å². The van der Waals surface area contributed by atoms with Crippen LogP contribution in [0, 0.1) is 0 Å². The van der Waals surface area contributed by atoms with Gasteiger partial charge in [0.15, 0.2) is 0 Å². The van der Waals surface area contributed by atoms with E-state index in [9.17, 15) is 8.42 Å². The van der Waals surface area contributed by atoms with Crippen LogP contribution in [0.25, 0.3) is 16.8 Å². The fourth-order valence-electron chi connectivity index (χ4n) is 3.17. The summed E-state index contributed by atoms with van der Waals surface area (Å²) in [5.41, 5.74) is 8.74. The molecule has 1 aromatic heterocycles. The summed E-state index contributed by atoms with van der Waals surface area (Å²) in [6, 6.07) is 4.74. The number of sulfonamides is 1.